The van der Waals surface area contributed by atoms with E-state index in [0.717, 1.165) is 11.1 Å². The first-order valence-corrected chi connectivity index (χ1v) is 7.34. The van der Waals surface area contributed by atoms with Crippen molar-refractivity contribution in [2.24, 2.45) is 5.73 Å². The fourth-order valence-corrected chi connectivity index (χ4v) is 1.95. The SMILES string of the molecule is C=C(NNC(=O)Cc1ccccc1)c1ccc(OCC(N)=O)cc1. The maximum atomic E-state index is 11.9. The summed E-state index contributed by atoms with van der Waals surface area (Å²) in [5, 5.41) is 0. The van der Waals surface area contributed by atoms with Crippen molar-refractivity contribution >= 4 is 17.5 Å². The standard InChI is InChI=1S/C18H19N3O3/c1-13(15-7-9-16(10-8-15)24-12-17(19)22)20-21-18(23)11-14-5-3-2-4-6-14/h2-10,20H,1,11-12H2,(H2,19,22)(H,21,23). The lowest BCUT2D eigenvalue weighted by molar-refractivity contribution is -0.121. The zero-order valence-electron chi connectivity index (χ0n) is 13.1. The molecule has 124 valence electrons. The van der Waals surface area contributed by atoms with Crippen molar-refractivity contribution in [3.05, 3.63) is 72.3 Å². The lowest BCUT2D eigenvalue weighted by Crippen LogP contribution is -2.36. The molecule has 0 saturated heterocycles. The van der Waals surface area contributed by atoms with E-state index in [1.54, 1.807) is 24.3 Å². The third kappa shape index (κ3) is 5.49. The molecule has 24 heavy (non-hydrogen) atoms. The van der Waals surface area contributed by atoms with E-state index in [9.17, 15) is 9.59 Å². The molecule has 0 aliphatic heterocycles. The largest absolute Gasteiger partial charge is 0.484 e. The van der Waals surface area contributed by atoms with E-state index in [0.29, 0.717) is 11.4 Å². The Hall–Kier alpha value is -3.28. The Morgan fingerprint density at radius 3 is 2.29 bits per heavy atom. The number of hydrogen-bond acceptors (Lipinski definition) is 4. The van der Waals surface area contributed by atoms with Gasteiger partial charge in [-0.1, -0.05) is 36.9 Å². The van der Waals surface area contributed by atoms with Gasteiger partial charge in [0.05, 0.1) is 12.1 Å². The van der Waals surface area contributed by atoms with Crippen LogP contribution in [0.4, 0.5) is 0 Å². The zero-order chi connectivity index (χ0) is 17.4. The minimum Gasteiger partial charge on any atom is -0.484 e. The Balaban J connectivity index is 1.81. The second-order valence-corrected chi connectivity index (χ2v) is 5.09. The van der Waals surface area contributed by atoms with Gasteiger partial charge in [-0.15, -0.1) is 0 Å². The van der Waals surface area contributed by atoms with Gasteiger partial charge in [-0.25, -0.2) is 0 Å². The molecule has 0 heterocycles. The lowest BCUT2D eigenvalue weighted by Gasteiger charge is -2.12. The van der Waals surface area contributed by atoms with Crippen molar-refractivity contribution < 1.29 is 14.3 Å². The first-order chi connectivity index (χ1) is 11.5. The van der Waals surface area contributed by atoms with Crippen LogP contribution in [0.3, 0.4) is 0 Å². The molecule has 0 fully saturated rings. The third-order valence-corrected chi connectivity index (χ3v) is 3.14. The predicted octanol–water partition coefficient (Wildman–Crippen LogP) is 1.38. The van der Waals surface area contributed by atoms with Crippen LogP contribution in [-0.2, 0) is 16.0 Å². The number of hydrazine groups is 1. The summed E-state index contributed by atoms with van der Waals surface area (Å²) in [6.45, 7) is 3.69. The summed E-state index contributed by atoms with van der Waals surface area (Å²) in [4.78, 5) is 22.5. The number of benzene rings is 2. The Kier molecular flexibility index (Phi) is 5.96. The van der Waals surface area contributed by atoms with Crippen molar-refractivity contribution in [2.45, 2.75) is 6.42 Å². The van der Waals surface area contributed by atoms with Crippen LogP contribution in [-0.4, -0.2) is 18.4 Å². The van der Waals surface area contributed by atoms with Gasteiger partial charge < -0.3 is 10.5 Å². The molecular formula is C18H19N3O3. The molecule has 0 atom stereocenters. The van der Waals surface area contributed by atoms with Gasteiger partial charge in [0, 0.05) is 0 Å². The van der Waals surface area contributed by atoms with Crippen molar-refractivity contribution in [1.29, 1.82) is 0 Å². The maximum Gasteiger partial charge on any atom is 0.255 e. The highest BCUT2D eigenvalue weighted by molar-refractivity contribution is 5.79. The molecule has 2 amide bonds. The van der Waals surface area contributed by atoms with Crippen molar-refractivity contribution in [2.75, 3.05) is 6.61 Å². The highest BCUT2D eigenvalue weighted by atomic mass is 16.5. The van der Waals surface area contributed by atoms with Crippen LogP contribution in [0.2, 0.25) is 0 Å². The number of carbonyl (C=O) groups is 2. The zero-order valence-corrected chi connectivity index (χ0v) is 13.1. The van der Waals surface area contributed by atoms with Crippen LogP contribution in [0.1, 0.15) is 11.1 Å². The fraction of sp³-hybridized carbons (Fsp3) is 0.111. The second-order valence-electron chi connectivity index (χ2n) is 5.09. The van der Waals surface area contributed by atoms with Crippen molar-refractivity contribution in [1.82, 2.24) is 10.9 Å². The van der Waals surface area contributed by atoms with Gasteiger partial charge in [-0.2, -0.15) is 0 Å². The predicted molar refractivity (Wildman–Crippen MR) is 91.6 cm³/mol. The van der Waals surface area contributed by atoms with E-state index >= 15 is 0 Å². The van der Waals surface area contributed by atoms with Gasteiger partial charge in [-0.05, 0) is 35.4 Å². The Labute approximate surface area is 140 Å². The third-order valence-electron chi connectivity index (χ3n) is 3.14. The smallest absolute Gasteiger partial charge is 0.255 e. The van der Waals surface area contributed by atoms with Gasteiger partial charge in [0.15, 0.2) is 6.61 Å². The molecule has 0 bridgehead atoms. The van der Waals surface area contributed by atoms with E-state index in [-0.39, 0.29) is 18.9 Å². The summed E-state index contributed by atoms with van der Waals surface area (Å²) in [7, 11) is 0. The van der Waals surface area contributed by atoms with E-state index in [2.05, 4.69) is 17.4 Å². The lowest BCUT2D eigenvalue weighted by atomic mass is 10.1. The number of amides is 2. The molecule has 0 aromatic heterocycles. The number of primary amides is 1. The summed E-state index contributed by atoms with van der Waals surface area (Å²) >= 11 is 0. The molecule has 0 aliphatic rings. The van der Waals surface area contributed by atoms with Crippen LogP contribution in [0.5, 0.6) is 5.75 Å². The average molecular weight is 325 g/mol. The molecule has 2 aromatic rings. The minimum atomic E-state index is -0.536. The highest BCUT2D eigenvalue weighted by Gasteiger charge is 2.05. The Morgan fingerprint density at radius 2 is 1.67 bits per heavy atom. The molecule has 0 spiro atoms. The number of hydrogen-bond donors (Lipinski definition) is 3. The molecule has 0 aliphatic carbocycles. The van der Waals surface area contributed by atoms with E-state index < -0.39 is 5.91 Å². The van der Waals surface area contributed by atoms with Gasteiger partial charge in [0.25, 0.3) is 5.91 Å². The van der Waals surface area contributed by atoms with Gasteiger partial charge >= 0.3 is 0 Å². The molecule has 2 aromatic carbocycles. The first-order valence-electron chi connectivity index (χ1n) is 7.34. The topological polar surface area (TPSA) is 93.4 Å². The summed E-state index contributed by atoms with van der Waals surface area (Å²) in [6.07, 6.45) is 0.279. The summed E-state index contributed by atoms with van der Waals surface area (Å²) in [6, 6.07) is 16.3. The number of ether oxygens (including phenoxy) is 1. The van der Waals surface area contributed by atoms with Crippen molar-refractivity contribution in [3.63, 3.8) is 0 Å². The number of nitrogens with two attached hydrogens (primary N) is 1. The quantitative estimate of drug-likeness (QED) is 0.639. The molecule has 4 N–H and O–H groups in total. The van der Waals surface area contributed by atoms with Crippen LogP contribution in [0.25, 0.3) is 5.70 Å². The fourth-order valence-electron chi connectivity index (χ4n) is 1.95. The molecular weight excluding hydrogens is 306 g/mol. The van der Waals surface area contributed by atoms with E-state index in [1.165, 1.54) is 0 Å². The van der Waals surface area contributed by atoms with E-state index in [1.807, 2.05) is 30.3 Å². The molecule has 0 radical (unpaired) electrons. The maximum absolute atomic E-state index is 11.9. The number of nitrogens with one attached hydrogen (secondary N) is 2. The molecule has 6 nitrogen and oxygen atoms in total. The highest BCUT2D eigenvalue weighted by Crippen LogP contribution is 2.15. The first kappa shape index (κ1) is 17.1. The number of rotatable bonds is 8. The molecule has 6 heteroatoms. The molecule has 0 saturated carbocycles. The van der Waals surface area contributed by atoms with Crippen LogP contribution >= 0.6 is 0 Å². The number of carbonyl (C=O) groups excluding carboxylic acids is 2. The van der Waals surface area contributed by atoms with Crippen molar-refractivity contribution in [3.8, 4) is 5.75 Å². The Bertz CT molecular complexity index is 712. The normalized spacial score (nSPS) is 9.83. The molecule has 0 unspecified atom stereocenters. The Morgan fingerprint density at radius 1 is 1.00 bits per heavy atom. The second kappa shape index (κ2) is 8.38. The monoisotopic (exact) mass is 325 g/mol. The summed E-state index contributed by atoms with van der Waals surface area (Å²) in [5.41, 5.74) is 12.6. The summed E-state index contributed by atoms with van der Waals surface area (Å²) < 4.78 is 5.17. The summed E-state index contributed by atoms with van der Waals surface area (Å²) in [5.74, 6) is -0.173. The minimum absolute atomic E-state index is 0.163. The van der Waals surface area contributed by atoms with Crippen LogP contribution in [0.15, 0.2) is 61.2 Å². The van der Waals surface area contributed by atoms with Crippen LogP contribution in [0, 0.1) is 0 Å². The van der Waals surface area contributed by atoms with Gasteiger partial charge in [0.2, 0.25) is 5.91 Å². The van der Waals surface area contributed by atoms with Gasteiger partial charge in [-0.3, -0.25) is 20.4 Å². The molecule has 2 rings (SSSR count). The average Bonchev–Trinajstić information content (AvgIpc) is 2.59. The van der Waals surface area contributed by atoms with E-state index in [4.69, 9.17) is 10.5 Å². The van der Waals surface area contributed by atoms with Crippen LogP contribution < -0.4 is 21.3 Å². The van der Waals surface area contributed by atoms with Gasteiger partial charge in [0.1, 0.15) is 5.75 Å².